The van der Waals surface area contributed by atoms with Crippen LogP contribution in [-0.2, 0) is 4.74 Å². The van der Waals surface area contributed by atoms with Gasteiger partial charge in [0.05, 0.1) is 6.26 Å². The molecule has 0 aliphatic heterocycles. The summed E-state index contributed by atoms with van der Waals surface area (Å²) in [7, 11) is 0. The van der Waals surface area contributed by atoms with Crippen molar-refractivity contribution in [2.45, 2.75) is 39.5 Å². The van der Waals surface area contributed by atoms with Crippen LogP contribution in [0.15, 0.2) is 33.8 Å². The fraction of sp³-hybridized carbons (Fsp3) is 0.538. The Kier molecular flexibility index (Phi) is 6.06. The first-order valence-electron chi connectivity index (χ1n) is 5.54. The molecule has 0 heterocycles. The molecule has 0 spiro atoms. The van der Waals surface area contributed by atoms with Crippen molar-refractivity contribution in [3.63, 3.8) is 0 Å². The Morgan fingerprint density at radius 3 is 3.13 bits per heavy atom. The summed E-state index contributed by atoms with van der Waals surface area (Å²) in [5, 5.41) is 0. The Hall–Kier alpha value is -0.250. The summed E-state index contributed by atoms with van der Waals surface area (Å²) in [6.07, 6.45) is 13.0. The minimum Gasteiger partial charge on any atom is -0.470 e. The zero-order valence-electron chi connectivity index (χ0n) is 9.50. The van der Waals surface area contributed by atoms with Crippen molar-refractivity contribution in [2.75, 3.05) is 0 Å². The normalized spacial score (nSPS) is 23.0. The van der Waals surface area contributed by atoms with Gasteiger partial charge in [-0.05, 0) is 70.9 Å². The standard InChI is InChI=1S/C13H19IO/c1-11-7-3-4-9-13(11)15-10-6-5-8-12(2)14/h6,8-11H,3-5,7H2,1-2H3/b10-6+,12-8+/t11-/m1/s1. The Bertz CT molecular complexity index is 272. The lowest BCUT2D eigenvalue weighted by Crippen LogP contribution is -2.05. The second-order valence-electron chi connectivity index (χ2n) is 3.95. The van der Waals surface area contributed by atoms with Gasteiger partial charge in [-0.25, -0.2) is 0 Å². The molecule has 0 saturated carbocycles. The second-order valence-corrected chi connectivity index (χ2v) is 5.66. The van der Waals surface area contributed by atoms with Crippen LogP contribution in [0.25, 0.3) is 0 Å². The molecule has 1 rings (SSSR count). The first-order valence-corrected chi connectivity index (χ1v) is 6.62. The lowest BCUT2D eigenvalue weighted by molar-refractivity contribution is 0.275. The molecule has 0 fully saturated rings. The van der Waals surface area contributed by atoms with Gasteiger partial charge in [0, 0.05) is 5.92 Å². The van der Waals surface area contributed by atoms with Gasteiger partial charge < -0.3 is 4.74 Å². The predicted octanol–water partition coefficient (Wildman–Crippen LogP) is 4.95. The zero-order valence-corrected chi connectivity index (χ0v) is 11.7. The fourth-order valence-corrected chi connectivity index (χ4v) is 1.84. The van der Waals surface area contributed by atoms with Crippen LogP contribution < -0.4 is 0 Å². The van der Waals surface area contributed by atoms with Crippen LogP contribution in [-0.4, -0.2) is 0 Å². The van der Waals surface area contributed by atoms with Gasteiger partial charge in [0.15, 0.2) is 0 Å². The molecule has 0 amide bonds. The summed E-state index contributed by atoms with van der Waals surface area (Å²) in [6.45, 7) is 4.33. The van der Waals surface area contributed by atoms with Crippen molar-refractivity contribution >= 4 is 22.6 Å². The molecule has 0 saturated heterocycles. The van der Waals surface area contributed by atoms with E-state index in [1.54, 1.807) is 0 Å². The van der Waals surface area contributed by atoms with Crippen molar-refractivity contribution in [1.29, 1.82) is 0 Å². The molecule has 84 valence electrons. The Morgan fingerprint density at radius 2 is 2.47 bits per heavy atom. The third kappa shape index (κ3) is 5.40. The minimum atomic E-state index is 0.588. The van der Waals surface area contributed by atoms with Crippen LogP contribution in [0.5, 0.6) is 0 Å². The number of hydrogen-bond donors (Lipinski definition) is 0. The lowest BCUT2D eigenvalue weighted by Gasteiger charge is -2.18. The van der Waals surface area contributed by atoms with Gasteiger partial charge in [-0.1, -0.05) is 13.0 Å². The van der Waals surface area contributed by atoms with E-state index in [9.17, 15) is 0 Å². The fourth-order valence-electron chi connectivity index (χ4n) is 1.59. The van der Waals surface area contributed by atoms with Crippen LogP contribution in [0.4, 0.5) is 0 Å². The largest absolute Gasteiger partial charge is 0.470 e. The molecule has 0 aromatic rings. The molecule has 0 N–H and O–H groups in total. The van der Waals surface area contributed by atoms with E-state index in [4.69, 9.17) is 4.74 Å². The molecule has 1 nitrogen and oxygen atoms in total. The van der Waals surface area contributed by atoms with Gasteiger partial charge in [-0.15, -0.1) is 0 Å². The van der Waals surface area contributed by atoms with Crippen LogP contribution in [0.1, 0.15) is 39.5 Å². The Morgan fingerprint density at radius 1 is 1.67 bits per heavy atom. The maximum Gasteiger partial charge on any atom is 0.102 e. The molecular formula is C13H19IO. The van der Waals surface area contributed by atoms with Crippen LogP contribution in [0.3, 0.4) is 0 Å². The second kappa shape index (κ2) is 7.09. The molecule has 0 aromatic carbocycles. The van der Waals surface area contributed by atoms with Crippen LogP contribution in [0, 0.1) is 5.92 Å². The van der Waals surface area contributed by atoms with E-state index in [0.29, 0.717) is 5.92 Å². The molecule has 0 unspecified atom stereocenters. The van der Waals surface area contributed by atoms with Crippen LogP contribution >= 0.6 is 22.6 Å². The number of allylic oxidation sites excluding steroid dienone is 5. The number of rotatable bonds is 4. The zero-order chi connectivity index (χ0) is 11.1. The van der Waals surface area contributed by atoms with E-state index in [-0.39, 0.29) is 0 Å². The average molecular weight is 318 g/mol. The first kappa shape index (κ1) is 12.8. The maximum atomic E-state index is 5.63. The van der Waals surface area contributed by atoms with E-state index in [1.807, 2.05) is 6.26 Å². The summed E-state index contributed by atoms with van der Waals surface area (Å²) in [6, 6.07) is 0. The summed E-state index contributed by atoms with van der Waals surface area (Å²) in [5.41, 5.74) is 0. The third-order valence-corrected chi connectivity index (χ3v) is 2.95. The molecule has 15 heavy (non-hydrogen) atoms. The maximum absolute atomic E-state index is 5.63. The number of ether oxygens (including phenoxy) is 1. The molecule has 0 radical (unpaired) electrons. The molecular weight excluding hydrogens is 299 g/mol. The SMILES string of the molecule is C/C(I)=C\C/C=C/OC1=CCCC[C@H]1C. The monoisotopic (exact) mass is 318 g/mol. The summed E-state index contributed by atoms with van der Waals surface area (Å²) in [5.74, 6) is 1.73. The van der Waals surface area contributed by atoms with Gasteiger partial charge in [0.2, 0.25) is 0 Å². The van der Waals surface area contributed by atoms with Crippen molar-refractivity contribution in [2.24, 2.45) is 5.92 Å². The Labute approximate surface area is 106 Å². The van der Waals surface area contributed by atoms with Crippen molar-refractivity contribution in [1.82, 2.24) is 0 Å². The molecule has 1 aliphatic carbocycles. The number of halogens is 1. The predicted molar refractivity (Wildman–Crippen MR) is 73.7 cm³/mol. The highest BCUT2D eigenvalue weighted by Gasteiger charge is 2.12. The van der Waals surface area contributed by atoms with E-state index in [2.05, 4.69) is 54.7 Å². The summed E-state index contributed by atoms with van der Waals surface area (Å²) >= 11 is 2.32. The smallest absolute Gasteiger partial charge is 0.102 e. The number of hydrogen-bond acceptors (Lipinski definition) is 1. The lowest BCUT2D eigenvalue weighted by atomic mass is 9.96. The molecule has 1 atom stereocenters. The summed E-state index contributed by atoms with van der Waals surface area (Å²) in [4.78, 5) is 0. The van der Waals surface area contributed by atoms with Crippen molar-refractivity contribution in [3.05, 3.63) is 33.8 Å². The van der Waals surface area contributed by atoms with Gasteiger partial charge in [-0.3, -0.25) is 0 Å². The summed E-state index contributed by atoms with van der Waals surface area (Å²) < 4.78 is 6.95. The van der Waals surface area contributed by atoms with E-state index in [0.717, 1.165) is 12.2 Å². The third-order valence-electron chi connectivity index (χ3n) is 2.51. The highest BCUT2D eigenvalue weighted by atomic mass is 127. The highest BCUT2D eigenvalue weighted by Crippen LogP contribution is 2.24. The van der Waals surface area contributed by atoms with Gasteiger partial charge in [0.1, 0.15) is 5.76 Å². The molecule has 1 aliphatic rings. The van der Waals surface area contributed by atoms with E-state index in [1.165, 1.54) is 22.8 Å². The van der Waals surface area contributed by atoms with Crippen molar-refractivity contribution in [3.8, 4) is 0 Å². The van der Waals surface area contributed by atoms with Gasteiger partial charge in [-0.2, -0.15) is 0 Å². The highest BCUT2D eigenvalue weighted by molar-refractivity contribution is 14.1. The van der Waals surface area contributed by atoms with Gasteiger partial charge in [0.25, 0.3) is 0 Å². The molecule has 0 aromatic heterocycles. The molecule has 0 bridgehead atoms. The quantitative estimate of drug-likeness (QED) is 0.526. The van der Waals surface area contributed by atoms with Crippen molar-refractivity contribution < 1.29 is 4.74 Å². The topological polar surface area (TPSA) is 9.23 Å². The van der Waals surface area contributed by atoms with Gasteiger partial charge >= 0.3 is 0 Å². The minimum absolute atomic E-state index is 0.588. The average Bonchev–Trinajstić information content (AvgIpc) is 2.20. The Balaban J connectivity index is 2.30. The van der Waals surface area contributed by atoms with Crippen LogP contribution in [0.2, 0.25) is 0 Å². The van der Waals surface area contributed by atoms with E-state index >= 15 is 0 Å². The van der Waals surface area contributed by atoms with E-state index < -0.39 is 0 Å². The first-order chi connectivity index (χ1) is 7.20. The molecule has 2 heteroatoms.